The fraction of sp³-hybridized carbons (Fsp3) is 0.158. The van der Waals surface area contributed by atoms with Gasteiger partial charge in [-0.1, -0.05) is 24.3 Å². The highest BCUT2D eigenvalue weighted by Gasteiger charge is 2.16. The van der Waals surface area contributed by atoms with Crippen molar-refractivity contribution >= 4 is 22.6 Å². The maximum atomic E-state index is 13.2. The van der Waals surface area contributed by atoms with Gasteiger partial charge in [0.2, 0.25) is 5.78 Å². The first-order valence-corrected chi connectivity index (χ1v) is 8.34. The highest BCUT2D eigenvalue weighted by molar-refractivity contribution is 5.80. The number of aromatic nitrogens is 4. The normalized spacial score (nSPS) is 11.3. The number of nitrogens with zero attached hydrogens (tertiary/aromatic N) is 4. The summed E-state index contributed by atoms with van der Waals surface area (Å²) < 4.78 is 16.3. The van der Waals surface area contributed by atoms with Gasteiger partial charge in [0.1, 0.15) is 11.6 Å². The van der Waals surface area contributed by atoms with E-state index in [0.717, 1.165) is 5.56 Å². The van der Waals surface area contributed by atoms with Crippen LogP contribution in [-0.2, 0) is 17.8 Å². The molecule has 136 valence electrons. The number of halogens is 1. The fourth-order valence-corrected chi connectivity index (χ4v) is 3.11. The Morgan fingerprint density at radius 3 is 2.56 bits per heavy atom. The van der Waals surface area contributed by atoms with Crippen molar-refractivity contribution < 1.29 is 14.3 Å². The van der Waals surface area contributed by atoms with E-state index in [1.807, 2.05) is 0 Å². The first-order chi connectivity index (χ1) is 13.0. The number of hydrogen-bond acceptors (Lipinski definition) is 5. The van der Waals surface area contributed by atoms with Crippen molar-refractivity contribution in [1.82, 2.24) is 19.2 Å². The second-order valence-electron chi connectivity index (χ2n) is 6.16. The highest BCUT2D eigenvalue weighted by Crippen LogP contribution is 2.16. The van der Waals surface area contributed by atoms with Crippen LogP contribution in [0.5, 0.6) is 0 Å². The predicted octanol–water partition coefficient (Wildman–Crippen LogP) is 0.914. The molecule has 27 heavy (non-hydrogen) atoms. The summed E-state index contributed by atoms with van der Waals surface area (Å²) in [5.74, 6) is -0.813. The van der Waals surface area contributed by atoms with Crippen molar-refractivity contribution in [2.24, 2.45) is 0 Å². The topological polar surface area (TPSA) is 92.3 Å². The molecule has 0 atom stereocenters. The summed E-state index contributed by atoms with van der Waals surface area (Å²) in [6, 6.07) is 12.8. The minimum atomic E-state index is -1.18. The predicted molar refractivity (Wildman–Crippen MR) is 93.6 cm³/mol. The Bertz CT molecular complexity index is 1210. The Morgan fingerprint density at radius 2 is 1.81 bits per heavy atom. The number of aryl methyl sites for hydroxylation is 1. The number of aliphatic carboxylic acids is 1. The molecule has 0 bridgehead atoms. The molecule has 4 aromatic rings. The summed E-state index contributed by atoms with van der Waals surface area (Å²) in [6.45, 7) is 0.187. The molecule has 2 aromatic heterocycles. The third-order valence-electron chi connectivity index (χ3n) is 4.38. The first kappa shape index (κ1) is 16.9. The van der Waals surface area contributed by atoms with E-state index < -0.39 is 5.97 Å². The van der Waals surface area contributed by atoms with Crippen molar-refractivity contribution in [3.8, 4) is 0 Å². The van der Waals surface area contributed by atoms with Gasteiger partial charge in [0, 0.05) is 12.4 Å². The van der Waals surface area contributed by atoms with Crippen LogP contribution in [0.2, 0.25) is 0 Å². The van der Waals surface area contributed by atoms with Crippen LogP contribution in [0.1, 0.15) is 17.8 Å². The molecule has 0 fully saturated rings. The molecule has 0 spiro atoms. The second kappa shape index (κ2) is 6.64. The molecule has 0 N–H and O–H groups in total. The number of rotatable bonds is 5. The summed E-state index contributed by atoms with van der Waals surface area (Å²) in [5.41, 5.74) is 1.09. The highest BCUT2D eigenvalue weighted by atomic mass is 19.1. The standard InChI is InChI=1S/C19H15FN4O3/c20-13-7-5-12(6-8-13)11-23-18(27)14-3-1-2-4-15(14)24-16(9-10-17(25)26)21-22-19(23)24/h1-8H,9-11H2,(H,25,26)/p-1. The summed E-state index contributed by atoms with van der Waals surface area (Å²) >= 11 is 0. The largest absolute Gasteiger partial charge is 0.550 e. The van der Waals surface area contributed by atoms with Crippen molar-refractivity contribution in [1.29, 1.82) is 0 Å². The van der Waals surface area contributed by atoms with Gasteiger partial charge in [-0.25, -0.2) is 4.39 Å². The summed E-state index contributed by atoms with van der Waals surface area (Å²) in [5, 5.41) is 19.5. The van der Waals surface area contributed by atoms with Crippen LogP contribution < -0.4 is 10.7 Å². The molecule has 0 aliphatic rings. The number of hydrogen-bond donors (Lipinski definition) is 0. The number of carboxylic acids is 1. The quantitative estimate of drug-likeness (QED) is 0.524. The van der Waals surface area contributed by atoms with Crippen LogP contribution in [0.3, 0.4) is 0 Å². The van der Waals surface area contributed by atoms with Gasteiger partial charge in [0.15, 0.2) is 0 Å². The van der Waals surface area contributed by atoms with E-state index in [2.05, 4.69) is 10.2 Å². The number of benzene rings is 2. The van der Waals surface area contributed by atoms with Gasteiger partial charge in [-0.2, -0.15) is 0 Å². The van der Waals surface area contributed by atoms with Crippen LogP contribution in [0.15, 0.2) is 53.3 Å². The lowest BCUT2D eigenvalue weighted by Gasteiger charge is -2.11. The van der Waals surface area contributed by atoms with Gasteiger partial charge in [0.25, 0.3) is 5.56 Å². The average Bonchev–Trinajstić information content (AvgIpc) is 3.09. The van der Waals surface area contributed by atoms with Crippen molar-refractivity contribution in [2.75, 3.05) is 0 Å². The van der Waals surface area contributed by atoms with Gasteiger partial charge >= 0.3 is 0 Å². The molecule has 0 saturated carbocycles. The maximum Gasteiger partial charge on any atom is 0.263 e. The molecule has 8 heteroatoms. The molecule has 0 radical (unpaired) electrons. The molecular weight excluding hydrogens is 351 g/mol. The number of para-hydroxylation sites is 1. The molecular formula is C19H14FN4O3-. The molecule has 0 aliphatic carbocycles. The first-order valence-electron chi connectivity index (χ1n) is 8.34. The fourth-order valence-electron chi connectivity index (χ4n) is 3.11. The van der Waals surface area contributed by atoms with E-state index in [-0.39, 0.29) is 30.8 Å². The van der Waals surface area contributed by atoms with Crippen molar-refractivity contribution in [3.63, 3.8) is 0 Å². The zero-order valence-electron chi connectivity index (χ0n) is 14.1. The average molecular weight is 365 g/mol. The molecule has 7 nitrogen and oxygen atoms in total. The van der Waals surface area contributed by atoms with Crippen LogP contribution in [0.4, 0.5) is 4.39 Å². The Labute approximate surface area is 152 Å². The summed E-state index contributed by atoms with van der Waals surface area (Å²) in [6.07, 6.45) is -0.0749. The van der Waals surface area contributed by atoms with E-state index in [9.17, 15) is 19.1 Å². The Balaban J connectivity index is 1.94. The minimum absolute atomic E-state index is 0.127. The van der Waals surface area contributed by atoms with Gasteiger partial charge in [-0.05, 0) is 36.2 Å². The molecule has 0 aliphatic heterocycles. The summed E-state index contributed by atoms with van der Waals surface area (Å²) in [4.78, 5) is 23.8. The molecule has 4 rings (SSSR count). The number of fused-ring (bicyclic) bond motifs is 3. The monoisotopic (exact) mass is 365 g/mol. The lowest BCUT2D eigenvalue weighted by Crippen LogP contribution is -2.25. The van der Waals surface area contributed by atoms with E-state index in [0.29, 0.717) is 22.5 Å². The van der Waals surface area contributed by atoms with E-state index in [1.54, 1.807) is 40.8 Å². The third-order valence-corrected chi connectivity index (χ3v) is 4.38. The zero-order chi connectivity index (χ0) is 19.0. The third kappa shape index (κ3) is 3.05. The van der Waals surface area contributed by atoms with Gasteiger partial charge in [-0.15, -0.1) is 10.2 Å². The molecule has 2 heterocycles. The number of carbonyl (C=O) groups is 1. The van der Waals surface area contributed by atoms with Gasteiger partial charge in [-0.3, -0.25) is 13.8 Å². The van der Waals surface area contributed by atoms with Crippen LogP contribution >= 0.6 is 0 Å². The van der Waals surface area contributed by atoms with Crippen LogP contribution in [0, 0.1) is 5.82 Å². The SMILES string of the molecule is O=C([O-])CCc1nnc2n(Cc3ccc(F)cc3)c(=O)c3ccccc3n12. The number of carbonyl (C=O) groups excluding carboxylic acids is 1. The molecule has 0 unspecified atom stereocenters. The number of carboxylic acid groups (broad SMARTS) is 1. The van der Waals surface area contributed by atoms with E-state index in [1.165, 1.54) is 16.7 Å². The minimum Gasteiger partial charge on any atom is -0.550 e. The maximum absolute atomic E-state index is 13.2. The lowest BCUT2D eigenvalue weighted by atomic mass is 10.2. The Hall–Kier alpha value is -3.55. The van der Waals surface area contributed by atoms with Crippen molar-refractivity contribution in [2.45, 2.75) is 19.4 Å². The smallest absolute Gasteiger partial charge is 0.263 e. The van der Waals surface area contributed by atoms with E-state index >= 15 is 0 Å². The van der Waals surface area contributed by atoms with Crippen LogP contribution in [0.25, 0.3) is 16.7 Å². The lowest BCUT2D eigenvalue weighted by molar-refractivity contribution is -0.305. The van der Waals surface area contributed by atoms with Gasteiger partial charge < -0.3 is 9.90 Å². The van der Waals surface area contributed by atoms with E-state index in [4.69, 9.17) is 0 Å². The zero-order valence-corrected chi connectivity index (χ0v) is 14.1. The molecule has 2 aromatic carbocycles. The van der Waals surface area contributed by atoms with Crippen LogP contribution in [-0.4, -0.2) is 25.1 Å². The van der Waals surface area contributed by atoms with Gasteiger partial charge in [0.05, 0.1) is 17.4 Å². The molecule has 0 amide bonds. The van der Waals surface area contributed by atoms with Crippen molar-refractivity contribution in [3.05, 3.63) is 76.1 Å². The molecule has 0 saturated heterocycles. The Morgan fingerprint density at radius 1 is 1.07 bits per heavy atom. The second-order valence-corrected chi connectivity index (χ2v) is 6.16. The summed E-state index contributed by atoms with van der Waals surface area (Å²) in [7, 11) is 0. The Kier molecular flexibility index (Phi) is 4.15.